The minimum atomic E-state index is -4.22. The second-order valence-electron chi connectivity index (χ2n) is 8.28. The zero-order valence-electron chi connectivity index (χ0n) is 18.0. The van der Waals surface area contributed by atoms with Crippen LogP contribution in [0.2, 0.25) is 0 Å². The van der Waals surface area contributed by atoms with Gasteiger partial charge in [-0.2, -0.15) is 13.2 Å². The molecule has 1 unspecified atom stereocenters. The molecule has 1 heterocycles. The SMILES string of the molecule is COC(=O)[C@@H]1COCC1(NC(=O)OC(C)(C)C)c1ccc(OCCCC(F)(F)F)cc1. The van der Waals surface area contributed by atoms with Crippen molar-refractivity contribution in [2.24, 2.45) is 5.92 Å². The van der Waals surface area contributed by atoms with Crippen molar-refractivity contribution in [3.63, 3.8) is 0 Å². The first-order valence-corrected chi connectivity index (χ1v) is 9.83. The van der Waals surface area contributed by atoms with E-state index < -0.39 is 41.7 Å². The monoisotopic (exact) mass is 447 g/mol. The molecule has 174 valence electrons. The van der Waals surface area contributed by atoms with Gasteiger partial charge in [0.1, 0.15) is 22.8 Å². The molecule has 1 N–H and O–H groups in total. The van der Waals surface area contributed by atoms with Crippen LogP contribution in [0.15, 0.2) is 24.3 Å². The van der Waals surface area contributed by atoms with Crippen LogP contribution in [0.5, 0.6) is 5.75 Å². The summed E-state index contributed by atoms with van der Waals surface area (Å²) in [5.41, 5.74) is -1.43. The van der Waals surface area contributed by atoms with Crippen LogP contribution in [-0.2, 0) is 24.5 Å². The highest BCUT2D eigenvalue weighted by molar-refractivity contribution is 5.78. The third-order valence-corrected chi connectivity index (χ3v) is 4.66. The highest BCUT2D eigenvalue weighted by Crippen LogP contribution is 2.37. The number of alkyl halides is 3. The third kappa shape index (κ3) is 7.02. The van der Waals surface area contributed by atoms with E-state index in [1.807, 2.05) is 0 Å². The van der Waals surface area contributed by atoms with Gasteiger partial charge in [-0.1, -0.05) is 12.1 Å². The van der Waals surface area contributed by atoms with Crippen LogP contribution in [0.4, 0.5) is 18.0 Å². The van der Waals surface area contributed by atoms with Gasteiger partial charge in [0.25, 0.3) is 0 Å². The molecule has 1 aromatic rings. The lowest BCUT2D eigenvalue weighted by molar-refractivity contribution is -0.147. The molecule has 0 radical (unpaired) electrons. The molecule has 1 aliphatic rings. The van der Waals surface area contributed by atoms with Crippen molar-refractivity contribution in [1.82, 2.24) is 5.32 Å². The highest BCUT2D eigenvalue weighted by Gasteiger charge is 2.51. The van der Waals surface area contributed by atoms with E-state index >= 15 is 0 Å². The lowest BCUT2D eigenvalue weighted by Crippen LogP contribution is -2.54. The second kappa shape index (κ2) is 9.76. The largest absolute Gasteiger partial charge is 0.494 e. The Labute approximate surface area is 179 Å². The average Bonchev–Trinajstić information content (AvgIpc) is 3.07. The predicted molar refractivity (Wildman–Crippen MR) is 105 cm³/mol. The van der Waals surface area contributed by atoms with Gasteiger partial charge in [0, 0.05) is 6.42 Å². The minimum Gasteiger partial charge on any atom is -0.494 e. The number of benzene rings is 1. The Bertz CT molecular complexity index is 760. The van der Waals surface area contributed by atoms with Gasteiger partial charge in [-0.15, -0.1) is 0 Å². The van der Waals surface area contributed by atoms with E-state index in [0.717, 1.165) is 0 Å². The van der Waals surface area contributed by atoms with Crippen molar-refractivity contribution >= 4 is 12.1 Å². The summed E-state index contributed by atoms with van der Waals surface area (Å²) in [4.78, 5) is 24.9. The minimum absolute atomic E-state index is 0.0117. The topological polar surface area (TPSA) is 83.1 Å². The Kier molecular flexibility index (Phi) is 7.80. The summed E-state index contributed by atoms with van der Waals surface area (Å²) in [6.45, 7) is 5.11. The van der Waals surface area contributed by atoms with Crippen molar-refractivity contribution in [3.05, 3.63) is 29.8 Å². The number of amides is 1. The number of carbonyl (C=O) groups is 2. The molecule has 1 aromatic carbocycles. The van der Waals surface area contributed by atoms with Crippen LogP contribution < -0.4 is 10.1 Å². The van der Waals surface area contributed by atoms with E-state index in [1.54, 1.807) is 45.0 Å². The maximum Gasteiger partial charge on any atom is 0.408 e. The summed E-state index contributed by atoms with van der Waals surface area (Å²) in [6, 6.07) is 6.38. The molecule has 1 fully saturated rings. The molecule has 7 nitrogen and oxygen atoms in total. The number of rotatable bonds is 7. The van der Waals surface area contributed by atoms with E-state index in [0.29, 0.717) is 11.3 Å². The summed E-state index contributed by atoms with van der Waals surface area (Å²) in [6.07, 6.45) is -6.03. The molecule has 0 bridgehead atoms. The number of ether oxygens (including phenoxy) is 4. The summed E-state index contributed by atoms with van der Waals surface area (Å²) in [7, 11) is 1.25. The van der Waals surface area contributed by atoms with Crippen molar-refractivity contribution in [2.45, 2.75) is 50.9 Å². The van der Waals surface area contributed by atoms with Gasteiger partial charge in [-0.05, 0) is 44.9 Å². The number of halogens is 3. The first-order valence-electron chi connectivity index (χ1n) is 9.83. The molecule has 1 aliphatic heterocycles. The predicted octanol–water partition coefficient (Wildman–Crippen LogP) is 3.95. The number of hydrogen-bond donors (Lipinski definition) is 1. The average molecular weight is 447 g/mol. The zero-order chi connectivity index (χ0) is 23.3. The molecule has 2 rings (SSSR count). The smallest absolute Gasteiger partial charge is 0.408 e. The zero-order valence-corrected chi connectivity index (χ0v) is 18.0. The molecule has 0 aromatic heterocycles. The summed E-state index contributed by atoms with van der Waals surface area (Å²) >= 11 is 0. The Hall–Kier alpha value is -2.49. The highest BCUT2D eigenvalue weighted by atomic mass is 19.4. The first-order chi connectivity index (χ1) is 14.4. The van der Waals surface area contributed by atoms with E-state index in [2.05, 4.69) is 5.32 Å². The van der Waals surface area contributed by atoms with E-state index in [4.69, 9.17) is 18.9 Å². The molecule has 31 heavy (non-hydrogen) atoms. The molecule has 10 heteroatoms. The molecule has 1 amide bonds. The summed E-state index contributed by atoms with van der Waals surface area (Å²) in [5.74, 6) is -1.00. The van der Waals surface area contributed by atoms with Crippen molar-refractivity contribution < 1.29 is 41.7 Å². The number of nitrogens with one attached hydrogen (secondary N) is 1. The normalized spacial score (nSPS) is 21.5. The first kappa shape index (κ1) is 24.8. The van der Waals surface area contributed by atoms with Gasteiger partial charge in [0.15, 0.2) is 0 Å². The third-order valence-electron chi connectivity index (χ3n) is 4.66. The molecule has 0 spiro atoms. The molecular formula is C21H28F3NO6. The number of hydrogen-bond acceptors (Lipinski definition) is 6. The molecule has 0 aliphatic carbocycles. The fourth-order valence-corrected chi connectivity index (χ4v) is 3.27. The van der Waals surface area contributed by atoms with Crippen molar-refractivity contribution in [1.29, 1.82) is 0 Å². The standard InChI is InChI=1S/C21H28F3NO6/c1-19(2,3)31-18(27)25-20(13-29-12-16(20)17(26)28-4)14-6-8-15(9-7-14)30-11-5-10-21(22,23)24/h6-9,16H,5,10-13H2,1-4H3,(H,25,27)/t16-,20?/m0/s1. The molecule has 1 saturated heterocycles. The molecular weight excluding hydrogens is 419 g/mol. The van der Waals surface area contributed by atoms with Crippen molar-refractivity contribution in [2.75, 3.05) is 26.9 Å². The fourth-order valence-electron chi connectivity index (χ4n) is 3.27. The lowest BCUT2D eigenvalue weighted by atomic mass is 9.80. The number of alkyl carbamates (subject to hydrolysis) is 1. The molecule has 0 saturated carbocycles. The Morgan fingerprint density at radius 1 is 1.19 bits per heavy atom. The van der Waals surface area contributed by atoms with Gasteiger partial charge in [-0.25, -0.2) is 4.79 Å². The number of esters is 1. The Morgan fingerprint density at radius 3 is 2.39 bits per heavy atom. The summed E-state index contributed by atoms with van der Waals surface area (Å²) in [5, 5.41) is 2.77. The van der Waals surface area contributed by atoms with Gasteiger partial charge in [0.2, 0.25) is 0 Å². The number of methoxy groups -OCH3 is 1. The fraction of sp³-hybridized carbons (Fsp3) is 0.619. The van der Waals surface area contributed by atoms with Crippen LogP contribution in [0.25, 0.3) is 0 Å². The Balaban J connectivity index is 2.20. The van der Waals surface area contributed by atoms with Crippen molar-refractivity contribution in [3.8, 4) is 5.75 Å². The summed E-state index contributed by atoms with van der Waals surface area (Å²) < 4.78 is 57.8. The van der Waals surface area contributed by atoms with Gasteiger partial charge >= 0.3 is 18.2 Å². The van der Waals surface area contributed by atoms with Crippen LogP contribution in [0.1, 0.15) is 39.2 Å². The quantitative estimate of drug-likeness (QED) is 0.504. The van der Waals surface area contributed by atoms with Crippen LogP contribution in [-0.4, -0.2) is 50.8 Å². The lowest BCUT2D eigenvalue weighted by Gasteiger charge is -2.34. The second-order valence-corrected chi connectivity index (χ2v) is 8.28. The van der Waals surface area contributed by atoms with E-state index in [-0.39, 0.29) is 26.2 Å². The Morgan fingerprint density at radius 2 is 1.84 bits per heavy atom. The maximum absolute atomic E-state index is 12.5. The van der Waals surface area contributed by atoms with Crippen LogP contribution in [0, 0.1) is 5.92 Å². The van der Waals surface area contributed by atoms with E-state index in [9.17, 15) is 22.8 Å². The van der Waals surface area contributed by atoms with Gasteiger partial charge in [-0.3, -0.25) is 4.79 Å². The van der Waals surface area contributed by atoms with Gasteiger partial charge < -0.3 is 24.3 Å². The number of carbonyl (C=O) groups excluding carboxylic acids is 2. The van der Waals surface area contributed by atoms with E-state index in [1.165, 1.54) is 7.11 Å². The van der Waals surface area contributed by atoms with Gasteiger partial charge in [0.05, 0.1) is 26.9 Å². The maximum atomic E-state index is 12.5. The molecule has 2 atom stereocenters. The van der Waals surface area contributed by atoms with Crippen LogP contribution in [0.3, 0.4) is 0 Å². The van der Waals surface area contributed by atoms with Crippen LogP contribution >= 0.6 is 0 Å².